The fraction of sp³-hybridized carbons (Fsp3) is 1.00. The van der Waals surface area contributed by atoms with Crippen molar-refractivity contribution in [3.05, 3.63) is 0 Å². The van der Waals surface area contributed by atoms with Crippen molar-refractivity contribution in [2.75, 3.05) is 0 Å². The van der Waals surface area contributed by atoms with E-state index < -0.39 is 32.3 Å². The van der Waals surface area contributed by atoms with E-state index in [-0.39, 0.29) is 0 Å². The maximum absolute atomic E-state index is 12.5. The molecule has 0 amide bonds. The van der Waals surface area contributed by atoms with Crippen molar-refractivity contribution in [3.63, 3.8) is 0 Å². The SMILES string of the molecule is O=P([O-])([O-])C(F)(F)C(O)(O)C(F)(F)P(=O)([O-])[O-]. The number of rotatable bonds is 4. The lowest BCUT2D eigenvalue weighted by Gasteiger charge is -2.50. The summed E-state index contributed by atoms with van der Waals surface area (Å²) in [5.41, 5.74) is -13.0. The fourth-order valence-corrected chi connectivity index (χ4v) is 1.70. The average Bonchev–Trinajstić information content (AvgIpc) is 1.98. The maximum atomic E-state index is 12.5. The molecule has 2 N–H and O–H groups in total. The molecule has 0 atom stereocenters. The van der Waals surface area contributed by atoms with Crippen LogP contribution in [0.3, 0.4) is 0 Å². The Bertz CT molecular complexity index is 358. The Labute approximate surface area is 89.8 Å². The fourth-order valence-electron chi connectivity index (χ4n) is 0.563. The van der Waals surface area contributed by atoms with E-state index in [1.807, 2.05) is 0 Å². The Kier molecular flexibility index (Phi) is 3.96. The molecule has 17 heavy (non-hydrogen) atoms. The number of halogens is 4. The lowest BCUT2D eigenvalue weighted by Crippen LogP contribution is -2.64. The number of aliphatic hydroxyl groups is 2. The van der Waals surface area contributed by atoms with E-state index in [4.69, 9.17) is 10.2 Å². The molecule has 0 aromatic carbocycles. The Balaban J connectivity index is 5.91. The molecule has 8 nitrogen and oxygen atoms in total. The standard InChI is InChI=1S/C3H6F4O8P2/c4-2(5,16(10,11)12)1(8,9)3(6,7)17(13,14)15/h8-9H,(H2,10,11,12)(H2,13,14,15)/p-4. The summed E-state index contributed by atoms with van der Waals surface area (Å²) in [6.07, 6.45) is 0. The Morgan fingerprint density at radius 2 is 0.941 bits per heavy atom. The third kappa shape index (κ3) is 2.40. The lowest BCUT2D eigenvalue weighted by atomic mass is 10.3. The first-order chi connectivity index (χ1) is 7.00. The van der Waals surface area contributed by atoms with Crippen LogP contribution in [0.5, 0.6) is 0 Å². The first kappa shape index (κ1) is 16.9. The van der Waals surface area contributed by atoms with Gasteiger partial charge >= 0.3 is 17.1 Å². The zero-order valence-corrected chi connectivity index (χ0v) is 9.04. The summed E-state index contributed by atoms with van der Waals surface area (Å²) in [4.78, 5) is 39.4. The van der Waals surface area contributed by atoms with Gasteiger partial charge in [-0.1, -0.05) is 0 Å². The second-order valence-electron chi connectivity index (χ2n) is 2.75. The maximum Gasteiger partial charge on any atom is 0.330 e. The van der Waals surface area contributed by atoms with Gasteiger partial charge in [0, 0.05) is 15.2 Å². The predicted molar refractivity (Wildman–Crippen MR) is 32.3 cm³/mol. The molecule has 14 heteroatoms. The molecule has 0 aliphatic rings. The van der Waals surface area contributed by atoms with Crippen LogP contribution in [0.15, 0.2) is 0 Å². The highest BCUT2D eigenvalue weighted by atomic mass is 31.2. The van der Waals surface area contributed by atoms with Gasteiger partial charge < -0.3 is 38.9 Å². The monoisotopic (exact) mass is 304 g/mol. The number of hydrogen-bond donors (Lipinski definition) is 2. The van der Waals surface area contributed by atoms with Crippen molar-refractivity contribution >= 4 is 15.2 Å². The molecule has 0 fully saturated rings. The van der Waals surface area contributed by atoms with Gasteiger partial charge in [0.2, 0.25) is 0 Å². The largest absolute Gasteiger partial charge is 0.806 e. The molecular weight excluding hydrogens is 302 g/mol. The van der Waals surface area contributed by atoms with Gasteiger partial charge in [0.15, 0.2) is 0 Å². The molecule has 0 aromatic heterocycles. The van der Waals surface area contributed by atoms with Crippen LogP contribution in [-0.4, -0.2) is 27.3 Å². The topological polar surface area (TPSA) is 167 Å². The van der Waals surface area contributed by atoms with Crippen LogP contribution in [0.2, 0.25) is 0 Å². The molecule has 0 aromatic rings. The molecule has 0 aliphatic carbocycles. The van der Waals surface area contributed by atoms with Crippen molar-refractivity contribution in [3.8, 4) is 0 Å². The smallest absolute Gasteiger partial charge is 0.330 e. The average molecular weight is 304 g/mol. The molecule has 0 unspecified atom stereocenters. The summed E-state index contributed by atoms with van der Waals surface area (Å²) in [6.45, 7) is 0. The first-order valence-corrected chi connectivity index (χ1v) is 6.33. The molecule has 0 saturated carbocycles. The van der Waals surface area contributed by atoms with Crippen molar-refractivity contribution < 1.29 is 56.5 Å². The minimum atomic E-state index is -7.37. The first-order valence-electron chi connectivity index (χ1n) is 3.25. The normalized spacial score (nSPS) is 16.1. The van der Waals surface area contributed by atoms with E-state index in [0.717, 1.165) is 0 Å². The minimum Gasteiger partial charge on any atom is -0.806 e. The van der Waals surface area contributed by atoms with Gasteiger partial charge in [-0.3, -0.25) is 0 Å². The molecule has 0 bridgehead atoms. The highest BCUT2D eigenvalue weighted by Gasteiger charge is 2.70. The molecule has 0 saturated heterocycles. The zero-order chi connectivity index (χ0) is 14.5. The van der Waals surface area contributed by atoms with Gasteiger partial charge in [-0.15, -0.1) is 0 Å². The second-order valence-corrected chi connectivity index (χ2v) is 5.86. The predicted octanol–water partition coefficient (Wildman–Crippen LogP) is -3.32. The van der Waals surface area contributed by atoms with Gasteiger partial charge in [-0.2, -0.15) is 17.6 Å². The van der Waals surface area contributed by atoms with Crippen molar-refractivity contribution in [2.24, 2.45) is 0 Å². The van der Waals surface area contributed by atoms with E-state index in [1.165, 1.54) is 0 Å². The van der Waals surface area contributed by atoms with Crippen LogP contribution >= 0.6 is 15.2 Å². The van der Waals surface area contributed by atoms with Gasteiger partial charge in [0.05, 0.1) is 0 Å². The van der Waals surface area contributed by atoms with Crippen LogP contribution in [0.25, 0.3) is 0 Å². The summed E-state index contributed by atoms with van der Waals surface area (Å²) in [5, 5.41) is 16.3. The van der Waals surface area contributed by atoms with E-state index >= 15 is 0 Å². The van der Waals surface area contributed by atoms with Crippen LogP contribution in [0, 0.1) is 0 Å². The summed E-state index contributed by atoms with van der Waals surface area (Å²) in [7, 11) is -14.7. The summed E-state index contributed by atoms with van der Waals surface area (Å²) in [6, 6.07) is 0. The van der Waals surface area contributed by atoms with Gasteiger partial charge in [-0.25, -0.2) is 0 Å². The van der Waals surface area contributed by atoms with Crippen LogP contribution in [0.4, 0.5) is 17.6 Å². The summed E-state index contributed by atoms with van der Waals surface area (Å²) in [5.74, 6) is -6.18. The van der Waals surface area contributed by atoms with Gasteiger partial charge in [-0.05, 0) is 0 Å². The Hall–Kier alpha value is -0.0600. The molecule has 0 aliphatic heterocycles. The van der Waals surface area contributed by atoms with Crippen molar-refractivity contribution in [1.29, 1.82) is 0 Å². The number of hydrogen-bond acceptors (Lipinski definition) is 8. The molecule has 104 valence electrons. The van der Waals surface area contributed by atoms with Crippen LogP contribution < -0.4 is 19.6 Å². The summed E-state index contributed by atoms with van der Waals surface area (Å²) < 4.78 is 69.6. The van der Waals surface area contributed by atoms with E-state index in [9.17, 15) is 46.3 Å². The molecule has 0 radical (unpaired) electrons. The highest BCUT2D eigenvalue weighted by Crippen LogP contribution is 2.62. The van der Waals surface area contributed by atoms with Gasteiger partial charge in [0.25, 0.3) is 0 Å². The van der Waals surface area contributed by atoms with Crippen LogP contribution in [-0.2, 0) is 9.13 Å². The van der Waals surface area contributed by atoms with E-state index in [0.29, 0.717) is 0 Å². The molecular formula is C3H2F4O8P2-4. The zero-order valence-electron chi connectivity index (χ0n) is 7.25. The Morgan fingerprint density at radius 3 is 1.06 bits per heavy atom. The molecule has 0 heterocycles. The third-order valence-electron chi connectivity index (χ3n) is 1.53. The Morgan fingerprint density at radius 1 is 0.765 bits per heavy atom. The van der Waals surface area contributed by atoms with Gasteiger partial charge in [0.1, 0.15) is 0 Å². The van der Waals surface area contributed by atoms with Crippen molar-refractivity contribution in [1.82, 2.24) is 0 Å². The summed E-state index contributed by atoms with van der Waals surface area (Å²) >= 11 is 0. The third-order valence-corrected chi connectivity index (χ3v) is 3.53. The van der Waals surface area contributed by atoms with E-state index in [1.54, 1.807) is 0 Å². The van der Waals surface area contributed by atoms with E-state index in [2.05, 4.69) is 0 Å². The quantitative estimate of drug-likeness (QED) is 0.309. The van der Waals surface area contributed by atoms with Crippen molar-refractivity contribution in [2.45, 2.75) is 17.1 Å². The lowest BCUT2D eigenvalue weighted by molar-refractivity contribution is -0.407. The molecule has 0 spiro atoms. The highest BCUT2D eigenvalue weighted by molar-refractivity contribution is 7.51. The van der Waals surface area contributed by atoms with Crippen LogP contribution in [0.1, 0.15) is 0 Å². The number of alkyl halides is 4. The molecule has 0 rings (SSSR count). The second kappa shape index (κ2) is 3.97. The minimum absolute atomic E-state index is 6.18.